The summed E-state index contributed by atoms with van der Waals surface area (Å²) in [5, 5.41) is 0. The molecular weight excluding hydrogens is 384 g/mol. The van der Waals surface area contributed by atoms with Crippen molar-refractivity contribution in [2.75, 3.05) is 11.5 Å². The van der Waals surface area contributed by atoms with Gasteiger partial charge in [0.05, 0.1) is 10.7 Å². The quantitative estimate of drug-likeness (QED) is 0.451. The molecule has 1 atom stereocenters. The number of unbranched alkanes of at least 4 members (excludes halogenated alkanes) is 5. The van der Waals surface area contributed by atoms with Crippen molar-refractivity contribution >= 4 is 30.6 Å². The zero-order chi connectivity index (χ0) is 20.1. The summed E-state index contributed by atoms with van der Waals surface area (Å²) in [5.41, 5.74) is 7.56. The molecule has 1 aliphatic rings. The van der Waals surface area contributed by atoms with Gasteiger partial charge in [0.25, 0.3) is 10.0 Å². The van der Waals surface area contributed by atoms with Gasteiger partial charge in [-0.2, -0.15) is 0 Å². The first-order valence-electron chi connectivity index (χ1n) is 9.52. The van der Waals surface area contributed by atoms with Crippen LogP contribution in [0, 0.1) is 5.92 Å². The highest BCUT2D eigenvalue weighted by Crippen LogP contribution is 2.36. The zero-order valence-corrected chi connectivity index (χ0v) is 17.7. The van der Waals surface area contributed by atoms with E-state index in [2.05, 4.69) is 6.92 Å². The summed E-state index contributed by atoms with van der Waals surface area (Å²) >= 11 is 0. The lowest BCUT2D eigenvalue weighted by molar-refractivity contribution is 0.573. The summed E-state index contributed by atoms with van der Waals surface area (Å²) < 4.78 is 52.2. The Morgan fingerprint density at radius 1 is 1.07 bits per heavy atom. The van der Waals surface area contributed by atoms with Crippen molar-refractivity contribution < 1.29 is 16.8 Å². The lowest BCUT2D eigenvalue weighted by atomic mass is 9.90. The third kappa shape index (κ3) is 6.05. The second kappa shape index (κ2) is 9.21. The van der Waals surface area contributed by atoms with E-state index in [9.17, 15) is 16.8 Å². The number of nitrogen functional groups attached to an aromatic ring is 1. The molecule has 152 valence electrons. The predicted octanol–water partition coefficient (Wildman–Crippen LogP) is 3.41. The molecule has 3 N–H and O–H groups in total. The number of rotatable bonds is 10. The fourth-order valence-electron chi connectivity index (χ4n) is 3.39. The topological polar surface area (TPSA) is 106 Å². The van der Waals surface area contributed by atoms with Crippen molar-refractivity contribution in [2.24, 2.45) is 5.92 Å². The monoisotopic (exact) mass is 414 g/mol. The van der Waals surface area contributed by atoms with Gasteiger partial charge in [-0.05, 0) is 30.4 Å². The molecular formula is C19H30N2O4S2. The molecule has 0 bridgehead atoms. The third-order valence-electron chi connectivity index (χ3n) is 4.70. The molecule has 0 radical (unpaired) electrons. The number of allylic oxidation sites excluding steroid dienone is 1. The molecule has 0 spiro atoms. The van der Waals surface area contributed by atoms with E-state index in [1.54, 1.807) is 18.2 Å². The minimum Gasteiger partial charge on any atom is -0.398 e. The van der Waals surface area contributed by atoms with E-state index in [4.69, 9.17) is 5.73 Å². The number of hydrogen-bond acceptors (Lipinski definition) is 5. The Labute approximate surface area is 163 Å². The molecule has 0 aliphatic heterocycles. The first-order chi connectivity index (χ1) is 12.7. The van der Waals surface area contributed by atoms with Gasteiger partial charge in [-0.25, -0.2) is 16.8 Å². The van der Waals surface area contributed by atoms with E-state index in [1.807, 2.05) is 17.1 Å². The number of hydrogen-bond donors (Lipinski definition) is 2. The van der Waals surface area contributed by atoms with Crippen LogP contribution in [0.5, 0.6) is 0 Å². The Bertz CT molecular complexity index is 890. The number of sulfonamides is 2. The molecule has 8 heteroatoms. The molecule has 0 aromatic heterocycles. The smallest absolute Gasteiger partial charge is 0.253 e. The Hall–Kier alpha value is -1.38. The van der Waals surface area contributed by atoms with Crippen LogP contribution in [-0.4, -0.2) is 22.6 Å². The summed E-state index contributed by atoms with van der Waals surface area (Å²) in [4.78, 5) is -0.0409. The highest BCUT2D eigenvalue weighted by Gasteiger charge is 2.31. The van der Waals surface area contributed by atoms with Crippen molar-refractivity contribution in [3.8, 4) is 0 Å². The molecule has 1 aliphatic carbocycles. The molecule has 2 rings (SSSR count). The van der Waals surface area contributed by atoms with Crippen LogP contribution in [0.3, 0.4) is 0 Å². The molecule has 0 saturated carbocycles. The number of nitrogens with one attached hydrogen (secondary N) is 1. The molecule has 1 unspecified atom stereocenters. The van der Waals surface area contributed by atoms with Crippen molar-refractivity contribution in [3.63, 3.8) is 0 Å². The Morgan fingerprint density at radius 3 is 2.44 bits per heavy atom. The average Bonchev–Trinajstić information content (AvgIpc) is 2.56. The van der Waals surface area contributed by atoms with Crippen LogP contribution in [0.25, 0.3) is 4.91 Å². The zero-order valence-electron chi connectivity index (χ0n) is 16.1. The van der Waals surface area contributed by atoms with Gasteiger partial charge < -0.3 is 5.73 Å². The summed E-state index contributed by atoms with van der Waals surface area (Å²) in [5.74, 6) is -0.217. The number of fused-ring (bicyclic) bond motifs is 1. The lowest BCUT2D eigenvalue weighted by Gasteiger charge is -2.23. The number of benzene rings is 1. The Kier molecular flexibility index (Phi) is 7.47. The van der Waals surface area contributed by atoms with Crippen LogP contribution in [0.1, 0.15) is 63.5 Å². The maximum absolute atomic E-state index is 12.8. The van der Waals surface area contributed by atoms with Gasteiger partial charge in [0.2, 0.25) is 10.0 Å². The predicted molar refractivity (Wildman–Crippen MR) is 111 cm³/mol. The van der Waals surface area contributed by atoms with Crippen LogP contribution < -0.4 is 9.86 Å². The van der Waals surface area contributed by atoms with Gasteiger partial charge in [0, 0.05) is 11.3 Å². The number of nitrogens with two attached hydrogens (primary N) is 1. The van der Waals surface area contributed by atoms with Gasteiger partial charge in [-0.3, -0.25) is 0 Å². The molecule has 0 saturated heterocycles. The normalized spacial score (nSPS) is 17.4. The lowest BCUT2D eigenvalue weighted by Crippen LogP contribution is -2.34. The first kappa shape index (κ1) is 21.9. The molecule has 27 heavy (non-hydrogen) atoms. The molecule has 0 amide bonds. The maximum atomic E-state index is 12.8. The van der Waals surface area contributed by atoms with Gasteiger partial charge in [-0.1, -0.05) is 64.2 Å². The van der Waals surface area contributed by atoms with E-state index >= 15 is 0 Å². The standard InChI is InChI=1S/C19H30N2O4S2/c1-3-4-5-6-7-8-12-26(22,23)21-27(24,25)18-14-15(2)13-16-10-9-11-17(20)19(16)18/h9-11,14-15,21H,3-8,12-13,20H2,1-2H3. The largest absolute Gasteiger partial charge is 0.398 e. The molecule has 0 fully saturated rings. The SMILES string of the molecule is CCCCCCCCS(=O)(=O)NS(=O)(=O)C1=CC(C)Cc2cccc(N)c21. The third-order valence-corrected chi connectivity index (χ3v) is 8.34. The Morgan fingerprint density at radius 2 is 1.74 bits per heavy atom. The number of anilines is 1. The summed E-state index contributed by atoms with van der Waals surface area (Å²) in [6, 6.07) is 5.23. The summed E-state index contributed by atoms with van der Waals surface area (Å²) in [7, 11) is -8.15. The van der Waals surface area contributed by atoms with Crippen LogP contribution in [0.4, 0.5) is 5.69 Å². The highest BCUT2D eigenvalue weighted by molar-refractivity contribution is 8.09. The van der Waals surface area contributed by atoms with Crippen molar-refractivity contribution in [2.45, 2.75) is 58.8 Å². The summed E-state index contributed by atoms with van der Waals surface area (Å²) in [6.07, 6.45) is 7.76. The summed E-state index contributed by atoms with van der Waals surface area (Å²) in [6.45, 7) is 4.01. The van der Waals surface area contributed by atoms with Crippen molar-refractivity contribution in [3.05, 3.63) is 35.4 Å². The van der Waals surface area contributed by atoms with Crippen molar-refractivity contribution in [1.29, 1.82) is 0 Å². The van der Waals surface area contributed by atoms with Gasteiger partial charge in [-0.15, -0.1) is 4.13 Å². The van der Waals surface area contributed by atoms with Gasteiger partial charge in [0.1, 0.15) is 0 Å². The molecule has 1 aromatic rings. The molecule has 1 aromatic carbocycles. The van der Waals surface area contributed by atoms with Crippen LogP contribution in [0.2, 0.25) is 0 Å². The fraction of sp³-hybridized carbons (Fsp3) is 0.579. The van der Waals surface area contributed by atoms with Crippen LogP contribution in [-0.2, 0) is 26.5 Å². The van der Waals surface area contributed by atoms with Gasteiger partial charge in [0.15, 0.2) is 0 Å². The maximum Gasteiger partial charge on any atom is 0.253 e. The first-order valence-corrected chi connectivity index (χ1v) is 12.7. The second-order valence-corrected chi connectivity index (χ2v) is 11.0. The minimum absolute atomic E-state index is 0.0212. The minimum atomic E-state index is -4.22. The average molecular weight is 415 g/mol. The van der Waals surface area contributed by atoms with Gasteiger partial charge >= 0.3 is 0 Å². The van der Waals surface area contributed by atoms with E-state index < -0.39 is 20.0 Å². The Balaban J connectivity index is 2.12. The van der Waals surface area contributed by atoms with E-state index in [0.29, 0.717) is 24.1 Å². The van der Waals surface area contributed by atoms with Crippen LogP contribution >= 0.6 is 0 Å². The van der Waals surface area contributed by atoms with E-state index in [1.165, 1.54) is 0 Å². The van der Waals surface area contributed by atoms with Crippen molar-refractivity contribution in [1.82, 2.24) is 4.13 Å². The molecule has 6 nitrogen and oxygen atoms in total. The molecule has 0 heterocycles. The fourth-order valence-corrected chi connectivity index (χ4v) is 6.93. The highest BCUT2D eigenvalue weighted by atomic mass is 32.3. The van der Waals surface area contributed by atoms with E-state index in [-0.39, 0.29) is 16.6 Å². The van der Waals surface area contributed by atoms with Crippen LogP contribution in [0.15, 0.2) is 24.3 Å². The van der Waals surface area contributed by atoms with E-state index in [0.717, 1.165) is 37.7 Å². The second-order valence-electron chi connectivity index (χ2n) is 7.27.